The molecule has 0 saturated carbocycles. The minimum Gasteiger partial charge on any atom is -0.398 e. The van der Waals surface area contributed by atoms with Gasteiger partial charge in [-0.3, -0.25) is 4.68 Å². The Hall–Kier alpha value is -1.42. The van der Waals surface area contributed by atoms with Gasteiger partial charge in [0.05, 0.1) is 5.69 Å². The summed E-state index contributed by atoms with van der Waals surface area (Å²) in [6, 6.07) is 8.11. The first-order chi connectivity index (χ1) is 7.61. The monoisotopic (exact) mass is 233 g/mol. The third-order valence-corrected chi connectivity index (χ3v) is 3.44. The molecule has 16 heavy (non-hydrogen) atoms. The summed E-state index contributed by atoms with van der Waals surface area (Å²) >= 11 is 1.66. The molecule has 0 bridgehead atoms. The normalized spacial score (nSPS) is 10.7. The van der Waals surface area contributed by atoms with Crippen LogP contribution in [0.2, 0.25) is 0 Å². The molecule has 0 saturated heterocycles. The number of anilines is 1. The van der Waals surface area contributed by atoms with E-state index in [9.17, 15) is 0 Å². The van der Waals surface area contributed by atoms with Crippen LogP contribution in [0.25, 0.3) is 11.3 Å². The number of nitrogen functional groups attached to an aromatic ring is 1. The van der Waals surface area contributed by atoms with Crippen molar-refractivity contribution in [3.8, 4) is 11.3 Å². The number of hydrogen-bond acceptors (Lipinski definition) is 3. The van der Waals surface area contributed by atoms with E-state index in [2.05, 4.69) is 17.2 Å². The van der Waals surface area contributed by atoms with Crippen molar-refractivity contribution in [2.45, 2.75) is 11.8 Å². The predicted molar refractivity (Wildman–Crippen MR) is 69.6 cm³/mol. The largest absolute Gasteiger partial charge is 0.398 e. The summed E-state index contributed by atoms with van der Waals surface area (Å²) < 4.78 is 1.88. The third-order valence-electron chi connectivity index (χ3n) is 2.64. The molecule has 84 valence electrons. The summed E-state index contributed by atoms with van der Waals surface area (Å²) in [5.74, 6) is 0. The van der Waals surface area contributed by atoms with E-state index in [1.807, 2.05) is 37.0 Å². The molecule has 2 N–H and O–H groups in total. The molecule has 0 unspecified atom stereocenters. The molecule has 3 nitrogen and oxygen atoms in total. The van der Waals surface area contributed by atoms with E-state index in [-0.39, 0.29) is 0 Å². The first kappa shape index (κ1) is 11.1. The average molecular weight is 233 g/mol. The maximum Gasteiger partial charge on any atom is 0.0926 e. The Morgan fingerprint density at radius 2 is 2.06 bits per heavy atom. The van der Waals surface area contributed by atoms with Gasteiger partial charge in [0.15, 0.2) is 0 Å². The fourth-order valence-corrected chi connectivity index (χ4v) is 2.12. The highest BCUT2D eigenvalue weighted by molar-refractivity contribution is 7.98. The van der Waals surface area contributed by atoms with Gasteiger partial charge in [0, 0.05) is 28.9 Å². The Morgan fingerprint density at radius 3 is 2.62 bits per heavy atom. The summed E-state index contributed by atoms with van der Waals surface area (Å²) in [6.07, 6.45) is 2.03. The fourth-order valence-electron chi connectivity index (χ4n) is 1.57. The molecule has 0 radical (unpaired) electrons. The number of benzene rings is 1. The second-order valence-corrected chi connectivity index (χ2v) is 4.60. The van der Waals surface area contributed by atoms with Crippen LogP contribution in [-0.2, 0) is 7.05 Å². The molecule has 1 aromatic carbocycles. The van der Waals surface area contributed by atoms with Crippen molar-refractivity contribution in [2.24, 2.45) is 7.05 Å². The van der Waals surface area contributed by atoms with E-state index in [1.54, 1.807) is 11.8 Å². The molecule has 0 amide bonds. The molecule has 1 heterocycles. The SMILES string of the molecule is CSc1cc(-c2cc(C)n(C)n2)ccc1N. The number of aromatic nitrogens is 2. The molecule has 2 rings (SSSR count). The minimum atomic E-state index is 0.823. The Morgan fingerprint density at radius 1 is 1.31 bits per heavy atom. The van der Waals surface area contributed by atoms with Gasteiger partial charge in [0.1, 0.15) is 0 Å². The lowest BCUT2D eigenvalue weighted by molar-refractivity contribution is 0.743. The predicted octanol–water partition coefficient (Wildman–Crippen LogP) is 2.70. The molecule has 1 aromatic heterocycles. The van der Waals surface area contributed by atoms with Crippen LogP contribution in [0.1, 0.15) is 5.69 Å². The summed E-state index contributed by atoms with van der Waals surface area (Å²) in [6.45, 7) is 2.04. The first-order valence-electron chi connectivity index (χ1n) is 5.06. The highest BCUT2D eigenvalue weighted by Gasteiger charge is 2.06. The van der Waals surface area contributed by atoms with Gasteiger partial charge in [-0.25, -0.2) is 0 Å². The molecular weight excluding hydrogens is 218 g/mol. The van der Waals surface area contributed by atoms with Crippen LogP contribution < -0.4 is 5.73 Å². The van der Waals surface area contributed by atoms with Gasteiger partial charge in [-0.05, 0) is 31.4 Å². The Balaban J connectivity index is 2.48. The van der Waals surface area contributed by atoms with Crippen LogP contribution in [0.4, 0.5) is 5.69 Å². The van der Waals surface area contributed by atoms with Crippen molar-refractivity contribution >= 4 is 17.4 Å². The van der Waals surface area contributed by atoms with E-state index in [0.29, 0.717) is 0 Å². The third kappa shape index (κ3) is 1.93. The highest BCUT2D eigenvalue weighted by atomic mass is 32.2. The summed E-state index contributed by atoms with van der Waals surface area (Å²) in [5, 5.41) is 4.45. The fraction of sp³-hybridized carbons (Fsp3) is 0.250. The van der Waals surface area contributed by atoms with Crippen LogP contribution in [0, 0.1) is 6.92 Å². The van der Waals surface area contributed by atoms with Crippen LogP contribution in [0.15, 0.2) is 29.2 Å². The highest BCUT2D eigenvalue weighted by Crippen LogP contribution is 2.28. The van der Waals surface area contributed by atoms with Gasteiger partial charge in [-0.2, -0.15) is 5.10 Å². The number of hydrogen-bond donors (Lipinski definition) is 1. The van der Waals surface area contributed by atoms with Crippen LogP contribution in [0.3, 0.4) is 0 Å². The zero-order chi connectivity index (χ0) is 11.7. The van der Waals surface area contributed by atoms with Crippen molar-refractivity contribution in [1.29, 1.82) is 0 Å². The molecule has 4 heteroatoms. The first-order valence-corrected chi connectivity index (χ1v) is 6.29. The van der Waals surface area contributed by atoms with E-state index < -0.39 is 0 Å². The smallest absolute Gasteiger partial charge is 0.0926 e. The van der Waals surface area contributed by atoms with E-state index >= 15 is 0 Å². The molecule has 2 aromatic rings. The standard InChI is InChI=1S/C12H15N3S/c1-8-6-11(14-15(8)2)9-4-5-10(13)12(7-9)16-3/h4-7H,13H2,1-3H3. The number of thioether (sulfide) groups is 1. The number of nitrogens with zero attached hydrogens (tertiary/aromatic N) is 2. The van der Waals surface area contributed by atoms with Gasteiger partial charge in [-0.1, -0.05) is 6.07 Å². The number of rotatable bonds is 2. The Bertz CT molecular complexity index is 497. The van der Waals surface area contributed by atoms with Gasteiger partial charge < -0.3 is 5.73 Å². The van der Waals surface area contributed by atoms with Crippen molar-refractivity contribution in [3.63, 3.8) is 0 Å². The lowest BCUT2D eigenvalue weighted by Crippen LogP contribution is -1.93. The molecule has 0 aliphatic rings. The zero-order valence-electron chi connectivity index (χ0n) is 9.69. The van der Waals surface area contributed by atoms with Gasteiger partial charge in [0.2, 0.25) is 0 Å². The number of aryl methyl sites for hydroxylation is 2. The zero-order valence-corrected chi connectivity index (χ0v) is 10.5. The van der Waals surface area contributed by atoms with E-state index in [1.165, 1.54) is 0 Å². The maximum absolute atomic E-state index is 5.87. The molecular formula is C12H15N3S. The second-order valence-electron chi connectivity index (χ2n) is 3.75. The quantitative estimate of drug-likeness (QED) is 0.640. The topological polar surface area (TPSA) is 43.8 Å². The molecule has 0 atom stereocenters. The van der Waals surface area contributed by atoms with E-state index in [0.717, 1.165) is 27.5 Å². The van der Waals surface area contributed by atoms with Crippen molar-refractivity contribution in [2.75, 3.05) is 12.0 Å². The Kier molecular flexibility index (Phi) is 2.92. The second kappa shape index (κ2) is 4.22. The summed E-state index contributed by atoms with van der Waals surface area (Å²) in [7, 11) is 1.95. The molecule has 0 aliphatic heterocycles. The van der Waals surface area contributed by atoms with Crippen molar-refractivity contribution < 1.29 is 0 Å². The van der Waals surface area contributed by atoms with Gasteiger partial charge in [-0.15, -0.1) is 11.8 Å². The average Bonchev–Trinajstić information content (AvgIpc) is 2.60. The Labute approximate surface area is 99.7 Å². The molecule has 0 aliphatic carbocycles. The van der Waals surface area contributed by atoms with Gasteiger partial charge >= 0.3 is 0 Å². The maximum atomic E-state index is 5.87. The van der Waals surface area contributed by atoms with Crippen molar-refractivity contribution in [1.82, 2.24) is 9.78 Å². The molecule has 0 fully saturated rings. The van der Waals surface area contributed by atoms with Crippen molar-refractivity contribution in [3.05, 3.63) is 30.0 Å². The summed E-state index contributed by atoms with van der Waals surface area (Å²) in [5.41, 5.74) is 9.95. The minimum absolute atomic E-state index is 0.823. The summed E-state index contributed by atoms with van der Waals surface area (Å²) in [4.78, 5) is 1.10. The lowest BCUT2D eigenvalue weighted by Gasteiger charge is -2.04. The van der Waals surface area contributed by atoms with Crippen LogP contribution in [-0.4, -0.2) is 16.0 Å². The molecule has 0 spiro atoms. The van der Waals surface area contributed by atoms with Gasteiger partial charge in [0.25, 0.3) is 0 Å². The van der Waals surface area contributed by atoms with E-state index in [4.69, 9.17) is 5.73 Å². The number of nitrogens with two attached hydrogens (primary N) is 1. The van der Waals surface area contributed by atoms with Crippen LogP contribution >= 0.6 is 11.8 Å². The lowest BCUT2D eigenvalue weighted by atomic mass is 10.1. The van der Waals surface area contributed by atoms with Crippen LogP contribution in [0.5, 0.6) is 0 Å².